The van der Waals surface area contributed by atoms with Gasteiger partial charge in [-0.15, -0.1) is 11.3 Å². The molecule has 0 spiro atoms. The standard InChI is InChI=1S/C12H13N3OS/c1-13-11-8-14-5-4-10(11)12(16)15-7-9-3-2-6-17-9/h2-6,8,13H,7H2,1H3,(H,15,16). The summed E-state index contributed by atoms with van der Waals surface area (Å²) in [6.45, 7) is 0.558. The first-order valence-electron chi connectivity index (χ1n) is 5.23. The van der Waals surface area contributed by atoms with Crippen molar-refractivity contribution in [2.75, 3.05) is 12.4 Å². The molecule has 0 unspecified atom stereocenters. The van der Waals surface area contributed by atoms with E-state index in [0.717, 1.165) is 10.6 Å². The summed E-state index contributed by atoms with van der Waals surface area (Å²) < 4.78 is 0. The lowest BCUT2D eigenvalue weighted by atomic mass is 10.2. The highest BCUT2D eigenvalue weighted by Crippen LogP contribution is 2.13. The number of anilines is 1. The zero-order valence-corrected chi connectivity index (χ0v) is 10.3. The Morgan fingerprint density at radius 2 is 2.35 bits per heavy atom. The Labute approximate surface area is 104 Å². The van der Waals surface area contributed by atoms with E-state index in [9.17, 15) is 4.79 Å². The molecule has 2 aromatic heterocycles. The fourth-order valence-corrected chi connectivity index (χ4v) is 2.11. The summed E-state index contributed by atoms with van der Waals surface area (Å²) in [6, 6.07) is 5.67. The van der Waals surface area contributed by atoms with Crippen molar-refractivity contribution in [1.82, 2.24) is 10.3 Å². The number of aromatic nitrogens is 1. The third-order valence-corrected chi connectivity index (χ3v) is 3.21. The molecule has 0 aliphatic carbocycles. The maximum Gasteiger partial charge on any atom is 0.253 e. The molecule has 5 heteroatoms. The van der Waals surface area contributed by atoms with E-state index < -0.39 is 0 Å². The van der Waals surface area contributed by atoms with Crippen LogP contribution in [0.5, 0.6) is 0 Å². The average molecular weight is 247 g/mol. The molecule has 0 aliphatic rings. The van der Waals surface area contributed by atoms with E-state index >= 15 is 0 Å². The van der Waals surface area contributed by atoms with Gasteiger partial charge in [-0.3, -0.25) is 9.78 Å². The summed E-state index contributed by atoms with van der Waals surface area (Å²) >= 11 is 1.63. The highest BCUT2D eigenvalue weighted by Gasteiger charge is 2.09. The molecule has 1 amide bonds. The van der Waals surface area contributed by atoms with Crippen molar-refractivity contribution >= 4 is 22.9 Å². The third kappa shape index (κ3) is 2.82. The minimum atomic E-state index is -0.0925. The molecule has 0 aliphatic heterocycles. The van der Waals surface area contributed by atoms with Crippen LogP contribution in [0.4, 0.5) is 5.69 Å². The summed E-state index contributed by atoms with van der Waals surface area (Å²) in [4.78, 5) is 17.1. The predicted molar refractivity (Wildman–Crippen MR) is 69.3 cm³/mol. The molecule has 17 heavy (non-hydrogen) atoms. The Kier molecular flexibility index (Phi) is 3.72. The molecule has 88 valence electrons. The summed E-state index contributed by atoms with van der Waals surface area (Å²) in [7, 11) is 1.77. The van der Waals surface area contributed by atoms with Gasteiger partial charge in [0.05, 0.1) is 24.0 Å². The van der Waals surface area contributed by atoms with Gasteiger partial charge in [0.2, 0.25) is 0 Å². The normalized spacial score (nSPS) is 9.94. The SMILES string of the molecule is CNc1cnccc1C(=O)NCc1cccs1. The van der Waals surface area contributed by atoms with E-state index in [2.05, 4.69) is 15.6 Å². The molecule has 0 fully saturated rings. The largest absolute Gasteiger partial charge is 0.386 e. The number of nitrogens with zero attached hydrogens (tertiary/aromatic N) is 1. The van der Waals surface area contributed by atoms with Crippen LogP contribution in [0.2, 0.25) is 0 Å². The molecular formula is C12H13N3OS. The second-order valence-electron chi connectivity index (χ2n) is 3.43. The van der Waals surface area contributed by atoms with E-state index in [1.54, 1.807) is 36.8 Å². The molecule has 0 saturated carbocycles. The van der Waals surface area contributed by atoms with Crippen LogP contribution >= 0.6 is 11.3 Å². The number of rotatable bonds is 4. The minimum Gasteiger partial charge on any atom is -0.386 e. The van der Waals surface area contributed by atoms with Crippen LogP contribution in [0.15, 0.2) is 36.0 Å². The number of hydrogen-bond donors (Lipinski definition) is 2. The zero-order valence-electron chi connectivity index (χ0n) is 9.43. The van der Waals surface area contributed by atoms with Crippen molar-refractivity contribution < 1.29 is 4.79 Å². The average Bonchev–Trinajstić information content (AvgIpc) is 2.89. The number of pyridine rings is 1. The van der Waals surface area contributed by atoms with Crippen molar-refractivity contribution in [3.63, 3.8) is 0 Å². The topological polar surface area (TPSA) is 54.0 Å². The molecule has 0 bridgehead atoms. The van der Waals surface area contributed by atoms with E-state index in [0.29, 0.717) is 12.1 Å². The van der Waals surface area contributed by atoms with E-state index in [1.165, 1.54) is 0 Å². The summed E-state index contributed by atoms with van der Waals surface area (Å²) in [5, 5.41) is 7.82. The molecule has 4 nitrogen and oxygen atoms in total. The van der Waals surface area contributed by atoms with Gasteiger partial charge in [-0.1, -0.05) is 6.07 Å². The van der Waals surface area contributed by atoms with E-state index in [1.807, 2.05) is 17.5 Å². The van der Waals surface area contributed by atoms with Gasteiger partial charge < -0.3 is 10.6 Å². The number of hydrogen-bond acceptors (Lipinski definition) is 4. The van der Waals surface area contributed by atoms with Gasteiger partial charge in [0.15, 0.2) is 0 Å². The van der Waals surface area contributed by atoms with Gasteiger partial charge in [-0.25, -0.2) is 0 Å². The molecule has 0 radical (unpaired) electrons. The second-order valence-corrected chi connectivity index (χ2v) is 4.47. The Balaban J connectivity index is 2.04. The third-order valence-electron chi connectivity index (χ3n) is 2.34. The highest BCUT2D eigenvalue weighted by atomic mass is 32.1. The first-order valence-corrected chi connectivity index (χ1v) is 6.11. The molecule has 0 atom stereocenters. The first kappa shape index (κ1) is 11.6. The van der Waals surface area contributed by atoms with Crippen LogP contribution < -0.4 is 10.6 Å². The van der Waals surface area contributed by atoms with Gasteiger partial charge in [0, 0.05) is 18.1 Å². The van der Waals surface area contributed by atoms with Crippen molar-refractivity contribution in [3.05, 3.63) is 46.4 Å². The maximum atomic E-state index is 11.9. The Bertz CT molecular complexity index is 496. The monoisotopic (exact) mass is 247 g/mol. The van der Waals surface area contributed by atoms with E-state index in [4.69, 9.17) is 0 Å². The lowest BCUT2D eigenvalue weighted by Gasteiger charge is -2.08. The maximum absolute atomic E-state index is 11.9. The fraction of sp³-hybridized carbons (Fsp3) is 0.167. The molecule has 2 rings (SSSR count). The number of thiophene rings is 1. The van der Waals surface area contributed by atoms with Gasteiger partial charge in [-0.2, -0.15) is 0 Å². The van der Waals surface area contributed by atoms with Crippen molar-refractivity contribution in [2.24, 2.45) is 0 Å². The van der Waals surface area contributed by atoms with Crippen LogP contribution in [0, 0.1) is 0 Å². The molecule has 2 aromatic rings. The molecule has 2 N–H and O–H groups in total. The number of nitrogens with one attached hydrogen (secondary N) is 2. The van der Waals surface area contributed by atoms with E-state index in [-0.39, 0.29) is 5.91 Å². The Morgan fingerprint density at radius 3 is 3.06 bits per heavy atom. The molecular weight excluding hydrogens is 234 g/mol. The number of amides is 1. The lowest BCUT2D eigenvalue weighted by molar-refractivity contribution is 0.0952. The Morgan fingerprint density at radius 1 is 1.47 bits per heavy atom. The van der Waals surface area contributed by atoms with Gasteiger partial charge in [0.1, 0.15) is 0 Å². The summed E-state index contributed by atoms with van der Waals surface area (Å²) in [6.07, 6.45) is 3.25. The summed E-state index contributed by atoms with van der Waals surface area (Å²) in [5.74, 6) is -0.0925. The minimum absolute atomic E-state index is 0.0925. The Hall–Kier alpha value is -1.88. The zero-order chi connectivity index (χ0) is 12.1. The van der Waals surface area contributed by atoms with Crippen molar-refractivity contribution in [3.8, 4) is 0 Å². The predicted octanol–water partition coefficient (Wildman–Crippen LogP) is 2.11. The van der Waals surface area contributed by atoms with Crippen molar-refractivity contribution in [1.29, 1.82) is 0 Å². The number of carbonyl (C=O) groups is 1. The smallest absolute Gasteiger partial charge is 0.253 e. The summed E-state index contributed by atoms with van der Waals surface area (Å²) in [5.41, 5.74) is 1.34. The highest BCUT2D eigenvalue weighted by molar-refractivity contribution is 7.09. The van der Waals surface area contributed by atoms with Crippen LogP contribution in [0.1, 0.15) is 15.2 Å². The van der Waals surface area contributed by atoms with Crippen LogP contribution in [-0.4, -0.2) is 17.9 Å². The lowest BCUT2D eigenvalue weighted by Crippen LogP contribution is -2.23. The molecule has 0 saturated heterocycles. The quantitative estimate of drug-likeness (QED) is 0.870. The van der Waals surface area contributed by atoms with Crippen LogP contribution in [-0.2, 0) is 6.54 Å². The van der Waals surface area contributed by atoms with Crippen molar-refractivity contribution in [2.45, 2.75) is 6.54 Å². The number of carbonyl (C=O) groups excluding carboxylic acids is 1. The first-order chi connectivity index (χ1) is 8.31. The van der Waals surface area contributed by atoms with Gasteiger partial charge in [-0.05, 0) is 17.5 Å². The molecule has 0 aromatic carbocycles. The molecule has 2 heterocycles. The second kappa shape index (κ2) is 5.45. The van der Waals surface area contributed by atoms with Crippen LogP contribution in [0.25, 0.3) is 0 Å². The van der Waals surface area contributed by atoms with Gasteiger partial charge in [0.25, 0.3) is 5.91 Å². The fourth-order valence-electron chi connectivity index (χ4n) is 1.47. The van der Waals surface area contributed by atoms with Crippen LogP contribution in [0.3, 0.4) is 0 Å². The van der Waals surface area contributed by atoms with Gasteiger partial charge >= 0.3 is 0 Å².